The Kier molecular flexibility index (Phi) is 5.16. The van der Waals surface area contributed by atoms with Gasteiger partial charge < -0.3 is 5.32 Å². The minimum atomic E-state index is 0.618. The van der Waals surface area contributed by atoms with E-state index < -0.39 is 0 Å². The largest absolute Gasteiger partial charge is 0.354 e. The minimum Gasteiger partial charge on any atom is -0.354 e. The molecule has 4 heterocycles. The fourth-order valence-electron chi connectivity index (χ4n) is 3.26. The van der Waals surface area contributed by atoms with Crippen LogP contribution in [0.4, 0.5) is 5.95 Å². The molecular formula is C21H24N8. The van der Waals surface area contributed by atoms with Crippen molar-refractivity contribution < 1.29 is 0 Å². The average Bonchev–Trinajstić information content (AvgIpc) is 3.08. The fourth-order valence-corrected chi connectivity index (χ4v) is 3.26. The van der Waals surface area contributed by atoms with Crippen molar-refractivity contribution in [2.75, 3.05) is 11.9 Å². The van der Waals surface area contributed by atoms with Crippen LogP contribution < -0.4 is 5.32 Å². The minimum absolute atomic E-state index is 0.618. The van der Waals surface area contributed by atoms with Crippen LogP contribution in [0.1, 0.15) is 31.7 Å². The summed E-state index contributed by atoms with van der Waals surface area (Å²) < 4.78 is 1.96. The van der Waals surface area contributed by atoms with Crippen LogP contribution in [-0.2, 0) is 6.54 Å². The maximum absolute atomic E-state index is 4.79. The van der Waals surface area contributed by atoms with Gasteiger partial charge in [0.25, 0.3) is 0 Å². The number of anilines is 1. The second-order valence-corrected chi connectivity index (χ2v) is 6.92. The Morgan fingerprint density at radius 1 is 0.931 bits per heavy atom. The lowest BCUT2D eigenvalue weighted by Gasteiger charge is -2.08. The van der Waals surface area contributed by atoms with Crippen molar-refractivity contribution in [2.24, 2.45) is 0 Å². The smallest absolute Gasteiger partial charge is 0.222 e. The highest BCUT2D eigenvalue weighted by Gasteiger charge is 2.17. The molecule has 0 spiro atoms. The molecule has 0 fully saturated rings. The molecule has 0 aromatic carbocycles. The highest BCUT2D eigenvalue weighted by molar-refractivity contribution is 5.95. The van der Waals surface area contributed by atoms with Crippen LogP contribution in [0.5, 0.6) is 0 Å². The summed E-state index contributed by atoms with van der Waals surface area (Å²) in [7, 11) is 0. The summed E-state index contributed by atoms with van der Waals surface area (Å²) in [5.41, 5.74) is 5.98. The normalized spacial score (nSPS) is 11.2. The van der Waals surface area contributed by atoms with E-state index in [1.54, 1.807) is 24.8 Å². The van der Waals surface area contributed by atoms with Crippen molar-refractivity contribution >= 4 is 17.0 Å². The van der Waals surface area contributed by atoms with Crippen LogP contribution in [-0.4, -0.2) is 41.2 Å². The summed E-state index contributed by atoms with van der Waals surface area (Å²) in [6, 6.07) is 2.02. The third kappa shape index (κ3) is 3.65. The van der Waals surface area contributed by atoms with Crippen LogP contribution in [0.15, 0.2) is 30.9 Å². The number of hydrogen-bond acceptors (Lipinski definition) is 7. The van der Waals surface area contributed by atoms with Gasteiger partial charge in [-0.15, -0.1) is 0 Å². The second-order valence-electron chi connectivity index (χ2n) is 6.92. The first-order valence-corrected chi connectivity index (χ1v) is 9.84. The Balaban J connectivity index is 1.86. The number of aryl methyl sites for hydroxylation is 3. The zero-order chi connectivity index (χ0) is 20.4. The molecule has 0 bridgehead atoms. The van der Waals surface area contributed by atoms with E-state index in [0.717, 1.165) is 58.8 Å². The lowest BCUT2D eigenvalue weighted by Crippen LogP contribution is -2.03. The van der Waals surface area contributed by atoms with Gasteiger partial charge in [-0.05, 0) is 33.3 Å². The third-order valence-corrected chi connectivity index (χ3v) is 4.80. The summed E-state index contributed by atoms with van der Waals surface area (Å²) >= 11 is 0. The average molecular weight is 388 g/mol. The van der Waals surface area contributed by atoms with Gasteiger partial charge in [-0.25, -0.2) is 15.0 Å². The molecule has 0 unspecified atom stereocenters. The topological polar surface area (TPSA) is 94.3 Å². The molecule has 1 N–H and O–H groups in total. The van der Waals surface area contributed by atoms with Gasteiger partial charge >= 0.3 is 0 Å². The van der Waals surface area contributed by atoms with Crippen molar-refractivity contribution in [3.63, 3.8) is 0 Å². The molecule has 4 aromatic heterocycles. The van der Waals surface area contributed by atoms with Gasteiger partial charge in [0.05, 0.1) is 28.7 Å². The number of nitrogens with one attached hydrogen (secondary N) is 1. The van der Waals surface area contributed by atoms with Gasteiger partial charge in [0, 0.05) is 48.5 Å². The second kappa shape index (κ2) is 7.90. The quantitative estimate of drug-likeness (QED) is 0.537. The van der Waals surface area contributed by atoms with Gasteiger partial charge in [0.15, 0.2) is 5.65 Å². The molecule has 0 atom stereocenters. The maximum atomic E-state index is 4.79. The molecule has 4 rings (SSSR count). The molecule has 4 aromatic rings. The molecule has 0 aliphatic carbocycles. The van der Waals surface area contributed by atoms with Crippen LogP contribution in [0.25, 0.3) is 33.5 Å². The van der Waals surface area contributed by atoms with Crippen molar-refractivity contribution in [3.8, 4) is 22.5 Å². The molecule has 0 saturated carbocycles. The van der Waals surface area contributed by atoms with E-state index in [1.807, 2.05) is 17.7 Å². The number of nitrogens with zero attached hydrogens (tertiary/aromatic N) is 7. The lowest BCUT2D eigenvalue weighted by atomic mass is 10.0. The first-order valence-electron chi connectivity index (χ1n) is 9.84. The molecule has 8 heteroatoms. The van der Waals surface area contributed by atoms with Gasteiger partial charge in [-0.2, -0.15) is 5.10 Å². The van der Waals surface area contributed by atoms with E-state index >= 15 is 0 Å². The van der Waals surface area contributed by atoms with E-state index in [4.69, 9.17) is 4.98 Å². The Morgan fingerprint density at radius 2 is 1.72 bits per heavy atom. The zero-order valence-electron chi connectivity index (χ0n) is 17.1. The molecule has 29 heavy (non-hydrogen) atoms. The van der Waals surface area contributed by atoms with E-state index in [-0.39, 0.29) is 0 Å². The summed E-state index contributed by atoms with van der Waals surface area (Å²) in [5, 5.41) is 8.87. The SMILES string of the molecule is CCCNc1ncc(-c2cc(-c3cnc(C)cn3)c3c(C)n(CC)nc3n2)cn1. The fraction of sp³-hybridized carbons (Fsp3) is 0.333. The van der Waals surface area contributed by atoms with Gasteiger partial charge in [0.1, 0.15) is 0 Å². The maximum Gasteiger partial charge on any atom is 0.222 e. The number of aromatic nitrogens is 7. The highest BCUT2D eigenvalue weighted by Crippen LogP contribution is 2.32. The lowest BCUT2D eigenvalue weighted by molar-refractivity contribution is 0.646. The summed E-state index contributed by atoms with van der Waals surface area (Å²) in [6.07, 6.45) is 8.16. The van der Waals surface area contributed by atoms with E-state index in [2.05, 4.69) is 51.1 Å². The summed E-state index contributed by atoms with van der Waals surface area (Å²) in [5.74, 6) is 0.618. The first kappa shape index (κ1) is 18.9. The third-order valence-electron chi connectivity index (χ3n) is 4.80. The molecule has 0 amide bonds. The van der Waals surface area contributed by atoms with E-state index in [1.165, 1.54) is 0 Å². The Morgan fingerprint density at radius 3 is 2.38 bits per heavy atom. The monoisotopic (exact) mass is 388 g/mol. The zero-order valence-corrected chi connectivity index (χ0v) is 17.1. The summed E-state index contributed by atoms with van der Waals surface area (Å²) in [4.78, 5) is 22.6. The van der Waals surface area contributed by atoms with Gasteiger partial charge in [-0.3, -0.25) is 14.6 Å². The molecule has 0 aliphatic rings. The standard InChI is InChI=1S/C21H24N8/c1-5-7-22-21-25-10-15(11-26-21)17-8-16(18-12-23-13(3)9-24-18)19-14(4)29(6-2)28-20(19)27-17/h8-12H,5-7H2,1-4H3,(H,22,25,26). The Hall–Kier alpha value is -3.42. The number of hydrogen-bond donors (Lipinski definition) is 1. The Bertz CT molecular complexity index is 1130. The van der Waals surface area contributed by atoms with Crippen LogP contribution in [0.3, 0.4) is 0 Å². The molecular weight excluding hydrogens is 364 g/mol. The van der Waals surface area contributed by atoms with Gasteiger partial charge in [-0.1, -0.05) is 6.92 Å². The van der Waals surface area contributed by atoms with Crippen LogP contribution >= 0.6 is 0 Å². The highest BCUT2D eigenvalue weighted by atomic mass is 15.3. The number of pyridine rings is 1. The van der Waals surface area contributed by atoms with E-state index in [0.29, 0.717) is 11.6 Å². The van der Waals surface area contributed by atoms with Crippen molar-refractivity contribution in [1.29, 1.82) is 0 Å². The molecule has 0 radical (unpaired) electrons. The van der Waals surface area contributed by atoms with Crippen molar-refractivity contribution in [1.82, 2.24) is 34.7 Å². The first-order chi connectivity index (χ1) is 14.1. The van der Waals surface area contributed by atoms with E-state index in [9.17, 15) is 0 Å². The molecule has 8 nitrogen and oxygen atoms in total. The van der Waals surface area contributed by atoms with Gasteiger partial charge in [0.2, 0.25) is 5.95 Å². The number of fused-ring (bicyclic) bond motifs is 1. The van der Waals surface area contributed by atoms with Crippen LogP contribution in [0.2, 0.25) is 0 Å². The summed E-state index contributed by atoms with van der Waals surface area (Å²) in [6.45, 7) is 9.78. The van der Waals surface area contributed by atoms with Crippen molar-refractivity contribution in [2.45, 2.75) is 40.7 Å². The predicted molar refractivity (Wildman–Crippen MR) is 114 cm³/mol. The van der Waals surface area contributed by atoms with Crippen LogP contribution in [0, 0.1) is 13.8 Å². The molecule has 148 valence electrons. The predicted octanol–water partition coefficient (Wildman–Crippen LogP) is 3.80. The Labute approximate surface area is 169 Å². The van der Waals surface area contributed by atoms with Crippen molar-refractivity contribution in [3.05, 3.63) is 42.2 Å². The molecule has 0 aliphatic heterocycles. The molecule has 0 saturated heterocycles. The number of rotatable bonds is 6.